The van der Waals surface area contributed by atoms with Gasteiger partial charge in [-0.1, -0.05) is 6.92 Å². The fourth-order valence-corrected chi connectivity index (χ4v) is 1.66. The van der Waals surface area contributed by atoms with E-state index < -0.39 is 0 Å². The number of aldehydes is 1. The molecule has 0 spiro atoms. The molecule has 1 aromatic carbocycles. The van der Waals surface area contributed by atoms with Crippen molar-refractivity contribution in [3.05, 3.63) is 42.0 Å². The normalized spacial score (nSPS) is 10.2. The van der Waals surface area contributed by atoms with E-state index in [1.54, 1.807) is 25.6 Å². The molecule has 0 aliphatic rings. The molecule has 0 saturated carbocycles. The third kappa shape index (κ3) is 2.20. The van der Waals surface area contributed by atoms with Crippen LogP contribution < -0.4 is 4.74 Å². The molecule has 0 saturated heterocycles. The minimum Gasteiger partial charge on any atom is -0.495 e. The van der Waals surface area contributed by atoms with E-state index in [2.05, 4.69) is 11.9 Å². The number of benzene rings is 1. The number of carbonyl (C=O) groups is 1. The van der Waals surface area contributed by atoms with Gasteiger partial charge in [-0.05, 0) is 24.6 Å². The number of hydrogen-bond acceptors (Lipinski definition) is 3. The highest BCUT2D eigenvalue weighted by atomic mass is 16.5. The van der Waals surface area contributed by atoms with Crippen molar-refractivity contribution < 1.29 is 9.53 Å². The monoisotopic (exact) mass is 230 g/mol. The Balaban J connectivity index is 2.47. The lowest BCUT2D eigenvalue weighted by molar-refractivity contribution is 0.112. The number of rotatable bonds is 4. The molecule has 0 radical (unpaired) electrons. The molecule has 0 aliphatic heterocycles. The summed E-state index contributed by atoms with van der Waals surface area (Å²) in [5, 5.41) is 0. The molecule has 1 heterocycles. The van der Waals surface area contributed by atoms with E-state index in [0.29, 0.717) is 11.3 Å². The Kier molecular flexibility index (Phi) is 3.23. The van der Waals surface area contributed by atoms with E-state index in [4.69, 9.17) is 4.74 Å². The van der Waals surface area contributed by atoms with Gasteiger partial charge >= 0.3 is 0 Å². The molecule has 0 atom stereocenters. The summed E-state index contributed by atoms with van der Waals surface area (Å²) in [4.78, 5) is 15.0. The number of aryl methyl sites for hydroxylation is 1. The molecule has 0 fully saturated rings. The molecule has 4 nitrogen and oxygen atoms in total. The maximum absolute atomic E-state index is 10.7. The van der Waals surface area contributed by atoms with Crippen LogP contribution in [-0.4, -0.2) is 22.9 Å². The average molecular weight is 230 g/mol. The predicted octanol–water partition coefficient (Wildman–Crippen LogP) is 2.26. The van der Waals surface area contributed by atoms with Crippen molar-refractivity contribution in [2.75, 3.05) is 7.11 Å². The molecule has 2 rings (SSSR count). The number of nitrogens with zero attached hydrogens (tertiary/aromatic N) is 2. The summed E-state index contributed by atoms with van der Waals surface area (Å²) in [6.07, 6.45) is 5.40. The molecule has 0 aliphatic carbocycles. The van der Waals surface area contributed by atoms with E-state index in [1.807, 2.05) is 16.8 Å². The Labute approximate surface area is 99.9 Å². The Hall–Kier alpha value is -2.10. The first-order chi connectivity index (χ1) is 8.28. The van der Waals surface area contributed by atoms with E-state index in [-0.39, 0.29) is 0 Å². The van der Waals surface area contributed by atoms with Crippen LogP contribution in [0.5, 0.6) is 5.75 Å². The molecule has 17 heavy (non-hydrogen) atoms. The standard InChI is InChI=1S/C13H14N2O2/c1-3-11-7-15(9-14-11)12-5-4-10(8-16)6-13(12)17-2/h4-9H,3H2,1-2H3. The molecule has 0 unspecified atom stereocenters. The summed E-state index contributed by atoms with van der Waals surface area (Å²) in [7, 11) is 1.59. The zero-order chi connectivity index (χ0) is 12.3. The first kappa shape index (κ1) is 11.4. The van der Waals surface area contributed by atoms with Gasteiger partial charge in [-0.3, -0.25) is 4.79 Å². The van der Waals surface area contributed by atoms with Gasteiger partial charge in [-0.25, -0.2) is 4.98 Å². The summed E-state index contributed by atoms with van der Waals surface area (Å²) in [5.41, 5.74) is 2.50. The fourth-order valence-electron chi connectivity index (χ4n) is 1.66. The van der Waals surface area contributed by atoms with Crippen molar-refractivity contribution in [3.63, 3.8) is 0 Å². The van der Waals surface area contributed by atoms with Crippen LogP contribution in [0.1, 0.15) is 23.0 Å². The summed E-state index contributed by atoms with van der Waals surface area (Å²) < 4.78 is 7.17. The van der Waals surface area contributed by atoms with Crippen LogP contribution in [0.4, 0.5) is 0 Å². The van der Waals surface area contributed by atoms with Crippen molar-refractivity contribution in [1.82, 2.24) is 9.55 Å². The summed E-state index contributed by atoms with van der Waals surface area (Å²) in [6, 6.07) is 5.33. The van der Waals surface area contributed by atoms with Gasteiger partial charge in [0.15, 0.2) is 0 Å². The molecule has 2 aromatic rings. The van der Waals surface area contributed by atoms with E-state index >= 15 is 0 Å². The first-order valence-electron chi connectivity index (χ1n) is 5.45. The van der Waals surface area contributed by atoms with Crippen LogP contribution in [0.15, 0.2) is 30.7 Å². The van der Waals surface area contributed by atoms with E-state index in [1.165, 1.54) is 0 Å². The van der Waals surface area contributed by atoms with Crippen molar-refractivity contribution in [1.29, 1.82) is 0 Å². The second kappa shape index (κ2) is 4.82. The van der Waals surface area contributed by atoms with E-state index in [0.717, 1.165) is 24.1 Å². The van der Waals surface area contributed by atoms with Crippen molar-refractivity contribution in [3.8, 4) is 11.4 Å². The van der Waals surface area contributed by atoms with Gasteiger partial charge in [0.2, 0.25) is 0 Å². The largest absolute Gasteiger partial charge is 0.495 e. The van der Waals surface area contributed by atoms with Gasteiger partial charge in [-0.2, -0.15) is 0 Å². The second-order valence-corrected chi connectivity index (χ2v) is 3.67. The summed E-state index contributed by atoms with van der Waals surface area (Å²) >= 11 is 0. The lowest BCUT2D eigenvalue weighted by atomic mass is 10.2. The topological polar surface area (TPSA) is 44.1 Å². The van der Waals surface area contributed by atoms with Crippen LogP contribution >= 0.6 is 0 Å². The Morgan fingerprint density at radius 3 is 2.88 bits per heavy atom. The first-order valence-corrected chi connectivity index (χ1v) is 5.45. The minimum atomic E-state index is 0.599. The SMILES string of the molecule is CCc1cn(-c2ccc(C=O)cc2OC)cn1. The highest BCUT2D eigenvalue weighted by molar-refractivity contribution is 5.76. The number of hydrogen-bond donors (Lipinski definition) is 0. The van der Waals surface area contributed by atoms with Gasteiger partial charge in [0, 0.05) is 11.8 Å². The van der Waals surface area contributed by atoms with Gasteiger partial charge in [0.1, 0.15) is 12.0 Å². The molecular weight excluding hydrogens is 216 g/mol. The maximum Gasteiger partial charge on any atom is 0.150 e. The van der Waals surface area contributed by atoms with Crippen LogP contribution in [0, 0.1) is 0 Å². The van der Waals surface area contributed by atoms with Gasteiger partial charge in [0.05, 0.1) is 24.8 Å². The molecule has 88 valence electrons. The minimum absolute atomic E-state index is 0.599. The fraction of sp³-hybridized carbons (Fsp3) is 0.231. The van der Waals surface area contributed by atoms with Crippen LogP contribution in [0.25, 0.3) is 5.69 Å². The zero-order valence-corrected chi connectivity index (χ0v) is 9.88. The van der Waals surface area contributed by atoms with Crippen molar-refractivity contribution in [2.45, 2.75) is 13.3 Å². The van der Waals surface area contributed by atoms with Crippen molar-refractivity contribution >= 4 is 6.29 Å². The number of aromatic nitrogens is 2. The lowest BCUT2D eigenvalue weighted by Crippen LogP contribution is -1.96. The molecule has 0 amide bonds. The number of methoxy groups -OCH3 is 1. The van der Waals surface area contributed by atoms with Crippen molar-refractivity contribution in [2.24, 2.45) is 0 Å². The highest BCUT2D eigenvalue weighted by Crippen LogP contribution is 2.23. The number of carbonyl (C=O) groups excluding carboxylic acids is 1. The summed E-state index contributed by atoms with van der Waals surface area (Å²) in [6.45, 7) is 2.05. The third-order valence-corrected chi connectivity index (χ3v) is 2.62. The zero-order valence-electron chi connectivity index (χ0n) is 9.88. The number of ether oxygens (including phenoxy) is 1. The summed E-state index contributed by atoms with van der Waals surface area (Å²) in [5.74, 6) is 0.662. The Bertz CT molecular complexity index is 532. The van der Waals surface area contributed by atoms with Gasteiger partial charge < -0.3 is 9.30 Å². The third-order valence-electron chi connectivity index (χ3n) is 2.62. The Morgan fingerprint density at radius 1 is 1.47 bits per heavy atom. The van der Waals surface area contributed by atoms with Gasteiger partial charge in [-0.15, -0.1) is 0 Å². The smallest absolute Gasteiger partial charge is 0.150 e. The second-order valence-electron chi connectivity index (χ2n) is 3.67. The molecular formula is C13H14N2O2. The average Bonchev–Trinajstić information content (AvgIpc) is 2.86. The maximum atomic E-state index is 10.7. The molecule has 1 aromatic heterocycles. The molecule has 4 heteroatoms. The molecule has 0 bridgehead atoms. The quantitative estimate of drug-likeness (QED) is 0.757. The van der Waals surface area contributed by atoms with Crippen LogP contribution in [0.3, 0.4) is 0 Å². The molecule has 0 N–H and O–H groups in total. The van der Waals surface area contributed by atoms with Gasteiger partial charge in [0.25, 0.3) is 0 Å². The van der Waals surface area contributed by atoms with E-state index in [9.17, 15) is 4.79 Å². The Morgan fingerprint density at radius 2 is 2.29 bits per heavy atom. The van der Waals surface area contributed by atoms with Crippen LogP contribution in [0.2, 0.25) is 0 Å². The number of imidazole rings is 1. The highest BCUT2D eigenvalue weighted by Gasteiger charge is 2.07. The predicted molar refractivity (Wildman–Crippen MR) is 64.9 cm³/mol. The van der Waals surface area contributed by atoms with Crippen LogP contribution in [-0.2, 0) is 6.42 Å². The lowest BCUT2D eigenvalue weighted by Gasteiger charge is -2.09.